The van der Waals surface area contributed by atoms with E-state index in [-0.39, 0.29) is 22.6 Å². The molecule has 0 aliphatic heterocycles. The van der Waals surface area contributed by atoms with Crippen molar-refractivity contribution in [2.24, 2.45) is 5.14 Å². The van der Waals surface area contributed by atoms with Gasteiger partial charge >= 0.3 is 0 Å². The highest BCUT2D eigenvalue weighted by molar-refractivity contribution is 7.99. The minimum absolute atomic E-state index is 0.0708. The Balaban J connectivity index is 1.53. The number of amides is 1. The van der Waals surface area contributed by atoms with Gasteiger partial charge < -0.3 is 9.88 Å². The van der Waals surface area contributed by atoms with E-state index in [1.165, 1.54) is 23.9 Å². The number of hydrogen-bond donors (Lipinski definition) is 2. The summed E-state index contributed by atoms with van der Waals surface area (Å²) in [5.41, 5.74) is 2.91. The van der Waals surface area contributed by atoms with E-state index in [4.69, 9.17) is 5.14 Å². The predicted molar refractivity (Wildman–Crippen MR) is 115 cm³/mol. The fourth-order valence-corrected chi connectivity index (χ4v) is 4.49. The second-order valence-corrected chi connectivity index (χ2v) is 9.43. The Bertz CT molecular complexity index is 1110. The quantitative estimate of drug-likeness (QED) is 0.532. The van der Waals surface area contributed by atoms with Gasteiger partial charge in [-0.1, -0.05) is 36.0 Å². The van der Waals surface area contributed by atoms with Crippen LogP contribution in [0.25, 0.3) is 11.0 Å². The number of fused-ring (bicyclic) bond motifs is 1. The van der Waals surface area contributed by atoms with Crippen molar-refractivity contribution in [3.05, 3.63) is 54.1 Å². The van der Waals surface area contributed by atoms with Crippen LogP contribution in [-0.2, 0) is 21.2 Å². The molecule has 29 heavy (non-hydrogen) atoms. The molecule has 0 saturated heterocycles. The van der Waals surface area contributed by atoms with Gasteiger partial charge in [0, 0.05) is 12.6 Å². The molecule has 0 aliphatic rings. The van der Waals surface area contributed by atoms with E-state index < -0.39 is 10.0 Å². The van der Waals surface area contributed by atoms with Crippen molar-refractivity contribution >= 4 is 38.7 Å². The summed E-state index contributed by atoms with van der Waals surface area (Å²) in [7, 11) is -3.69. The predicted octanol–water partition coefficient (Wildman–Crippen LogP) is 2.72. The maximum Gasteiger partial charge on any atom is 0.238 e. The largest absolute Gasteiger partial charge is 0.355 e. The lowest BCUT2D eigenvalue weighted by molar-refractivity contribution is -0.118. The van der Waals surface area contributed by atoms with E-state index in [9.17, 15) is 13.2 Å². The van der Waals surface area contributed by atoms with Crippen molar-refractivity contribution < 1.29 is 13.2 Å². The Morgan fingerprint density at radius 3 is 2.52 bits per heavy atom. The standard InChI is InChI=1S/C20H24N4O3S2/c1-14(2)24-18-6-4-3-5-17(18)23-20(24)28-13-19(25)22-12-11-15-7-9-16(10-8-15)29(21,26)27/h3-10,14H,11-13H2,1-2H3,(H,22,25)(H2,21,26,27). The van der Waals surface area contributed by atoms with Gasteiger partial charge in [-0.25, -0.2) is 18.5 Å². The van der Waals surface area contributed by atoms with E-state index in [0.29, 0.717) is 13.0 Å². The first-order valence-corrected chi connectivity index (χ1v) is 11.8. The number of sulfonamides is 1. The molecule has 0 atom stereocenters. The summed E-state index contributed by atoms with van der Waals surface area (Å²) < 4.78 is 24.7. The zero-order valence-electron chi connectivity index (χ0n) is 16.3. The van der Waals surface area contributed by atoms with Crippen molar-refractivity contribution in [2.75, 3.05) is 12.3 Å². The number of rotatable bonds is 8. The molecule has 0 saturated carbocycles. The summed E-state index contributed by atoms with van der Waals surface area (Å²) in [6, 6.07) is 14.5. The van der Waals surface area contributed by atoms with E-state index >= 15 is 0 Å². The maximum absolute atomic E-state index is 12.2. The van der Waals surface area contributed by atoms with Crippen LogP contribution in [0.4, 0.5) is 0 Å². The highest BCUT2D eigenvalue weighted by Gasteiger charge is 2.14. The molecule has 0 bridgehead atoms. The number of nitrogens with one attached hydrogen (secondary N) is 1. The minimum atomic E-state index is -3.69. The Labute approximate surface area is 174 Å². The number of para-hydroxylation sites is 2. The van der Waals surface area contributed by atoms with Gasteiger partial charge in [-0.3, -0.25) is 4.79 Å². The van der Waals surface area contributed by atoms with Gasteiger partial charge in [-0.05, 0) is 50.1 Å². The molecule has 2 aromatic carbocycles. The summed E-state index contributed by atoms with van der Waals surface area (Å²) in [6.07, 6.45) is 0.603. The van der Waals surface area contributed by atoms with Crippen LogP contribution >= 0.6 is 11.8 Å². The van der Waals surface area contributed by atoms with Crippen LogP contribution in [0.3, 0.4) is 0 Å². The first-order chi connectivity index (χ1) is 13.8. The van der Waals surface area contributed by atoms with E-state index in [1.807, 2.05) is 24.3 Å². The van der Waals surface area contributed by atoms with Crippen molar-refractivity contribution in [3.8, 4) is 0 Å². The van der Waals surface area contributed by atoms with E-state index in [2.05, 4.69) is 28.7 Å². The second kappa shape index (κ2) is 8.98. The van der Waals surface area contributed by atoms with Crippen molar-refractivity contribution in [2.45, 2.75) is 36.4 Å². The molecule has 0 aliphatic carbocycles. The molecule has 0 radical (unpaired) electrons. The number of carbonyl (C=O) groups excluding carboxylic acids is 1. The highest BCUT2D eigenvalue weighted by atomic mass is 32.2. The average Bonchev–Trinajstić information content (AvgIpc) is 3.05. The fraction of sp³-hybridized carbons (Fsp3) is 0.300. The van der Waals surface area contributed by atoms with Crippen LogP contribution < -0.4 is 10.5 Å². The molecule has 0 spiro atoms. The first-order valence-electron chi connectivity index (χ1n) is 9.24. The monoisotopic (exact) mass is 432 g/mol. The van der Waals surface area contributed by atoms with Gasteiger partial charge in [0.05, 0.1) is 21.7 Å². The SMILES string of the molecule is CC(C)n1c(SCC(=O)NCCc2ccc(S(N)(=O)=O)cc2)nc2ccccc21. The van der Waals surface area contributed by atoms with Crippen LogP contribution in [0, 0.1) is 0 Å². The number of aromatic nitrogens is 2. The Kier molecular flexibility index (Phi) is 6.61. The average molecular weight is 433 g/mol. The maximum atomic E-state index is 12.2. The molecule has 3 rings (SSSR count). The number of primary sulfonamides is 1. The Hall–Kier alpha value is -2.36. The number of benzene rings is 2. The van der Waals surface area contributed by atoms with Gasteiger partial charge in [0.25, 0.3) is 0 Å². The van der Waals surface area contributed by atoms with Gasteiger partial charge in [0.1, 0.15) is 0 Å². The van der Waals surface area contributed by atoms with Crippen LogP contribution in [0.15, 0.2) is 58.6 Å². The summed E-state index contributed by atoms with van der Waals surface area (Å²) in [5, 5.41) is 8.81. The zero-order valence-corrected chi connectivity index (χ0v) is 18.0. The molecule has 154 valence electrons. The molecule has 0 fully saturated rings. The fourth-order valence-electron chi connectivity index (χ4n) is 3.00. The number of nitrogens with zero attached hydrogens (tertiary/aromatic N) is 2. The number of thioether (sulfide) groups is 1. The van der Waals surface area contributed by atoms with Gasteiger partial charge in [0.2, 0.25) is 15.9 Å². The van der Waals surface area contributed by atoms with Crippen LogP contribution in [-0.4, -0.2) is 36.2 Å². The van der Waals surface area contributed by atoms with E-state index in [1.54, 1.807) is 12.1 Å². The lowest BCUT2D eigenvalue weighted by Crippen LogP contribution is -2.27. The van der Waals surface area contributed by atoms with Crippen molar-refractivity contribution in [1.29, 1.82) is 0 Å². The van der Waals surface area contributed by atoms with Crippen LogP contribution in [0.1, 0.15) is 25.5 Å². The first kappa shape index (κ1) is 21.4. The van der Waals surface area contributed by atoms with E-state index in [0.717, 1.165) is 21.8 Å². The normalized spacial score (nSPS) is 11.9. The molecule has 1 aromatic heterocycles. The third-order valence-electron chi connectivity index (χ3n) is 4.40. The van der Waals surface area contributed by atoms with Gasteiger partial charge in [-0.2, -0.15) is 0 Å². The Morgan fingerprint density at radius 2 is 1.86 bits per heavy atom. The number of hydrogen-bond acceptors (Lipinski definition) is 5. The zero-order chi connectivity index (χ0) is 21.0. The second-order valence-electron chi connectivity index (χ2n) is 6.92. The van der Waals surface area contributed by atoms with Gasteiger partial charge in [0.15, 0.2) is 5.16 Å². The van der Waals surface area contributed by atoms with Crippen LogP contribution in [0.2, 0.25) is 0 Å². The number of nitrogens with two attached hydrogens (primary N) is 1. The minimum Gasteiger partial charge on any atom is -0.355 e. The molecule has 1 heterocycles. The molecule has 9 heteroatoms. The smallest absolute Gasteiger partial charge is 0.238 e. The van der Waals surface area contributed by atoms with Crippen LogP contribution in [0.5, 0.6) is 0 Å². The number of carbonyl (C=O) groups is 1. The summed E-state index contributed by atoms with van der Waals surface area (Å²) >= 11 is 1.42. The van der Waals surface area contributed by atoms with Crippen molar-refractivity contribution in [1.82, 2.24) is 14.9 Å². The summed E-state index contributed by atoms with van der Waals surface area (Å²) in [5.74, 6) is 0.207. The molecule has 7 nitrogen and oxygen atoms in total. The highest BCUT2D eigenvalue weighted by Crippen LogP contribution is 2.27. The molecule has 3 N–H and O–H groups in total. The molecule has 3 aromatic rings. The third-order valence-corrected chi connectivity index (χ3v) is 6.28. The lowest BCUT2D eigenvalue weighted by atomic mass is 10.1. The topological polar surface area (TPSA) is 107 Å². The van der Waals surface area contributed by atoms with Gasteiger partial charge in [-0.15, -0.1) is 0 Å². The molecular weight excluding hydrogens is 408 g/mol. The number of imidazole rings is 1. The lowest BCUT2D eigenvalue weighted by Gasteiger charge is -2.12. The van der Waals surface area contributed by atoms with Crippen molar-refractivity contribution in [3.63, 3.8) is 0 Å². The molecular formula is C20H24N4O3S2. The Morgan fingerprint density at radius 1 is 1.17 bits per heavy atom. The third kappa shape index (κ3) is 5.37. The summed E-state index contributed by atoms with van der Waals surface area (Å²) in [4.78, 5) is 17.0. The molecule has 0 unspecified atom stereocenters. The summed E-state index contributed by atoms with van der Waals surface area (Å²) in [6.45, 7) is 4.66. The molecule has 1 amide bonds.